The highest BCUT2D eigenvalue weighted by atomic mass is 16.1. The number of hydrogen-bond donors (Lipinski definition) is 0. The summed E-state index contributed by atoms with van der Waals surface area (Å²) in [6, 6.07) is 5.76. The zero-order valence-electron chi connectivity index (χ0n) is 8.27. The van der Waals surface area contributed by atoms with Crippen LogP contribution >= 0.6 is 0 Å². The predicted molar refractivity (Wildman–Crippen MR) is 54.7 cm³/mol. The van der Waals surface area contributed by atoms with E-state index in [1.165, 1.54) is 0 Å². The minimum absolute atomic E-state index is 0.299. The minimum Gasteiger partial charge on any atom is -0.303 e. The summed E-state index contributed by atoms with van der Waals surface area (Å²) in [6.45, 7) is 4.12. The summed E-state index contributed by atoms with van der Waals surface area (Å²) < 4.78 is 1.97. The number of pyridine rings is 1. The Labute approximate surface area is 82.4 Å². The molecule has 0 atom stereocenters. The number of nitrogens with zero attached hydrogens (tertiary/aromatic N) is 2. The smallest absolute Gasteiger partial charge is 0.170 e. The van der Waals surface area contributed by atoms with Gasteiger partial charge in [0.1, 0.15) is 11.3 Å². The van der Waals surface area contributed by atoms with Crippen molar-refractivity contribution in [1.82, 2.24) is 9.38 Å². The largest absolute Gasteiger partial charge is 0.303 e. The van der Waals surface area contributed by atoms with Crippen molar-refractivity contribution in [1.29, 1.82) is 0 Å². The Bertz CT molecular complexity index is 471. The highest BCUT2D eigenvalue weighted by molar-refractivity contribution is 5.76. The van der Waals surface area contributed by atoms with Gasteiger partial charge in [-0.25, -0.2) is 4.98 Å². The van der Waals surface area contributed by atoms with Crippen molar-refractivity contribution in [3.05, 3.63) is 35.8 Å². The fraction of sp³-hybridized carbons (Fsp3) is 0.273. The average molecular weight is 188 g/mol. The van der Waals surface area contributed by atoms with E-state index in [1.807, 2.05) is 28.8 Å². The van der Waals surface area contributed by atoms with Crippen LogP contribution in [0.25, 0.3) is 5.65 Å². The molecule has 0 saturated heterocycles. The van der Waals surface area contributed by atoms with E-state index in [2.05, 4.69) is 18.8 Å². The number of carbonyl (C=O) groups excluding carboxylic acids is 1. The monoisotopic (exact) mass is 188 g/mol. The second-order valence-electron chi connectivity index (χ2n) is 3.58. The molecule has 0 radical (unpaired) electrons. The Morgan fingerprint density at radius 3 is 2.86 bits per heavy atom. The van der Waals surface area contributed by atoms with Gasteiger partial charge in [0.15, 0.2) is 6.29 Å². The van der Waals surface area contributed by atoms with E-state index in [0.717, 1.165) is 17.6 Å². The van der Waals surface area contributed by atoms with E-state index in [9.17, 15) is 4.79 Å². The molecular formula is C11H12N2O. The van der Waals surface area contributed by atoms with E-state index in [-0.39, 0.29) is 0 Å². The average Bonchev–Trinajstić information content (AvgIpc) is 2.55. The number of hydrogen-bond acceptors (Lipinski definition) is 2. The van der Waals surface area contributed by atoms with Crippen molar-refractivity contribution in [3.8, 4) is 0 Å². The number of rotatable bonds is 2. The summed E-state index contributed by atoms with van der Waals surface area (Å²) >= 11 is 0. The zero-order valence-corrected chi connectivity index (χ0v) is 8.27. The van der Waals surface area contributed by atoms with Crippen LogP contribution in [0.1, 0.15) is 35.9 Å². The topological polar surface area (TPSA) is 34.4 Å². The van der Waals surface area contributed by atoms with Gasteiger partial charge in [-0.1, -0.05) is 19.9 Å². The van der Waals surface area contributed by atoms with Crippen molar-refractivity contribution in [3.63, 3.8) is 0 Å². The van der Waals surface area contributed by atoms with Crippen LogP contribution in [-0.2, 0) is 0 Å². The standard InChI is InChI=1S/C11H12N2O/c1-8(2)11-9(7-14)12-10-5-3-4-6-13(10)11/h3-8H,1-2H3. The second-order valence-corrected chi connectivity index (χ2v) is 3.58. The van der Waals surface area contributed by atoms with Crippen molar-refractivity contribution >= 4 is 11.9 Å². The summed E-state index contributed by atoms with van der Waals surface area (Å²) in [4.78, 5) is 15.1. The molecule has 3 heteroatoms. The molecule has 2 rings (SSSR count). The number of imidazole rings is 1. The van der Waals surface area contributed by atoms with E-state index in [0.29, 0.717) is 11.6 Å². The van der Waals surface area contributed by atoms with Crippen molar-refractivity contribution in [2.24, 2.45) is 0 Å². The molecule has 0 aliphatic rings. The normalized spacial score (nSPS) is 11.1. The van der Waals surface area contributed by atoms with Gasteiger partial charge in [0.25, 0.3) is 0 Å². The third kappa shape index (κ3) is 1.21. The molecular weight excluding hydrogens is 176 g/mol. The fourth-order valence-corrected chi connectivity index (χ4v) is 1.69. The van der Waals surface area contributed by atoms with Crippen molar-refractivity contribution in [2.45, 2.75) is 19.8 Å². The lowest BCUT2D eigenvalue weighted by molar-refractivity contribution is 0.111. The first-order valence-corrected chi connectivity index (χ1v) is 4.66. The van der Waals surface area contributed by atoms with Crippen LogP contribution in [-0.4, -0.2) is 15.7 Å². The molecule has 0 amide bonds. The summed E-state index contributed by atoms with van der Waals surface area (Å²) in [5, 5.41) is 0. The molecule has 0 unspecified atom stereocenters. The second kappa shape index (κ2) is 3.25. The molecule has 0 aliphatic carbocycles. The van der Waals surface area contributed by atoms with E-state index < -0.39 is 0 Å². The molecule has 0 aliphatic heterocycles. The van der Waals surface area contributed by atoms with Gasteiger partial charge in [-0.3, -0.25) is 4.79 Å². The van der Waals surface area contributed by atoms with Crippen molar-refractivity contribution < 1.29 is 4.79 Å². The van der Waals surface area contributed by atoms with Crippen LogP contribution in [0.15, 0.2) is 24.4 Å². The first-order valence-electron chi connectivity index (χ1n) is 4.66. The summed E-state index contributed by atoms with van der Waals surface area (Å²) in [7, 11) is 0. The Hall–Kier alpha value is -1.64. The lowest BCUT2D eigenvalue weighted by atomic mass is 10.1. The first-order chi connectivity index (χ1) is 6.74. The van der Waals surface area contributed by atoms with E-state index in [4.69, 9.17) is 0 Å². The maximum atomic E-state index is 10.8. The maximum Gasteiger partial charge on any atom is 0.170 e. The first kappa shape index (κ1) is 8.94. The molecule has 0 bridgehead atoms. The molecule has 0 N–H and O–H groups in total. The quantitative estimate of drug-likeness (QED) is 0.677. The Morgan fingerprint density at radius 1 is 1.43 bits per heavy atom. The predicted octanol–water partition coefficient (Wildman–Crippen LogP) is 2.27. The molecule has 0 saturated carbocycles. The van der Waals surface area contributed by atoms with Gasteiger partial charge in [-0.05, 0) is 18.1 Å². The van der Waals surface area contributed by atoms with Gasteiger partial charge in [-0.15, -0.1) is 0 Å². The molecule has 0 fully saturated rings. The molecule has 2 heterocycles. The molecule has 0 aromatic carbocycles. The fourth-order valence-electron chi connectivity index (χ4n) is 1.69. The van der Waals surface area contributed by atoms with Gasteiger partial charge >= 0.3 is 0 Å². The lowest BCUT2D eigenvalue weighted by Gasteiger charge is -2.04. The number of carbonyl (C=O) groups is 1. The Balaban J connectivity index is 2.80. The van der Waals surface area contributed by atoms with Crippen LogP contribution in [0.5, 0.6) is 0 Å². The SMILES string of the molecule is CC(C)c1c(C=O)nc2ccccn12. The van der Waals surface area contributed by atoms with E-state index >= 15 is 0 Å². The van der Waals surface area contributed by atoms with Crippen LogP contribution in [0.3, 0.4) is 0 Å². The van der Waals surface area contributed by atoms with Crippen molar-refractivity contribution in [2.75, 3.05) is 0 Å². The summed E-state index contributed by atoms with van der Waals surface area (Å²) in [6.07, 6.45) is 2.76. The van der Waals surface area contributed by atoms with Gasteiger partial charge in [0, 0.05) is 6.20 Å². The number of aldehydes is 1. The van der Waals surface area contributed by atoms with Gasteiger partial charge < -0.3 is 4.40 Å². The summed E-state index contributed by atoms with van der Waals surface area (Å²) in [5.41, 5.74) is 2.36. The molecule has 2 aromatic heterocycles. The van der Waals surface area contributed by atoms with Crippen LogP contribution in [0, 0.1) is 0 Å². The van der Waals surface area contributed by atoms with Gasteiger partial charge in [-0.2, -0.15) is 0 Å². The van der Waals surface area contributed by atoms with Crippen LogP contribution in [0.2, 0.25) is 0 Å². The van der Waals surface area contributed by atoms with Crippen LogP contribution in [0.4, 0.5) is 0 Å². The third-order valence-corrected chi connectivity index (χ3v) is 2.25. The molecule has 14 heavy (non-hydrogen) atoms. The summed E-state index contributed by atoms with van der Waals surface area (Å²) in [5.74, 6) is 0.299. The third-order valence-electron chi connectivity index (χ3n) is 2.25. The molecule has 0 spiro atoms. The minimum atomic E-state index is 0.299. The van der Waals surface area contributed by atoms with Gasteiger partial charge in [0.2, 0.25) is 0 Å². The Morgan fingerprint density at radius 2 is 2.21 bits per heavy atom. The van der Waals surface area contributed by atoms with Crippen LogP contribution < -0.4 is 0 Å². The maximum absolute atomic E-state index is 10.8. The zero-order chi connectivity index (χ0) is 10.1. The Kier molecular flexibility index (Phi) is 2.08. The highest BCUT2D eigenvalue weighted by Gasteiger charge is 2.13. The lowest BCUT2D eigenvalue weighted by Crippen LogP contribution is -1.97. The van der Waals surface area contributed by atoms with E-state index in [1.54, 1.807) is 0 Å². The van der Waals surface area contributed by atoms with Gasteiger partial charge in [0.05, 0.1) is 5.69 Å². The molecule has 2 aromatic rings. The molecule has 72 valence electrons. The number of aromatic nitrogens is 2. The highest BCUT2D eigenvalue weighted by Crippen LogP contribution is 2.19. The number of fused-ring (bicyclic) bond motifs is 1. The molecule has 3 nitrogen and oxygen atoms in total.